The maximum atomic E-state index is 12.4. The van der Waals surface area contributed by atoms with Crippen LogP contribution in [-0.4, -0.2) is 31.1 Å². The molecule has 0 fully saturated rings. The number of nitrogens with one attached hydrogen (secondary N) is 2. The van der Waals surface area contributed by atoms with Crippen molar-refractivity contribution in [3.8, 4) is 11.5 Å². The molecule has 0 unspecified atom stereocenters. The molecule has 0 radical (unpaired) electrons. The summed E-state index contributed by atoms with van der Waals surface area (Å²) in [6.07, 6.45) is 1.28. The number of halogens is 3. The molecule has 0 aliphatic heterocycles. The summed E-state index contributed by atoms with van der Waals surface area (Å²) in [7, 11) is 1.40. The molecular formula is C23H16Cl3N3O5. The van der Waals surface area contributed by atoms with Crippen LogP contribution >= 0.6 is 34.8 Å². The Morgan fingerprint density at radius 3 is 2.35 bits per heavy atom. The summed E-state index contributed by atoms with van der Waals surface area (Å²) >= 11 is 17.9. The van der Waals surface area contributed by atoms with Crippen LogP contribution in [0.5, 0.6) is 11.5 Å². The predicted molar refractivity (Wildman–Crippen MR) is 130 cm³/mol. The van der Waals surface area contributed by atoms with Crippen LogP contribution in [0.2, 0.25) is 15.1 Å². The second kappa shape index (κ2) is 11.5. The zero-order valence-electron chi connectivity index (χ0n) is 17.5. The molecule has 3 aromatic rings. The largest absolute Gasteiger partial charge is 0.493 e. The van der Waals surface area contributed by atoms with Gasteiger partial charge in [-0.1, -0.05) is 53.0 Å². The first-order valence-electron chi connectivity index (χ1n) is 9.53. The normalized spacial score (nSPS) is 10.6. The predicted octanol–water partition coefficient (Wildman–Crippen LogP) is 4.96. The summed E-state index contributed by atoms with van der Waals surface area (Å²) in [6.45, 7) is 0. The molecule has 0 bridgehead atoms. The Morgan fingerprint density at radius 1 is 0.882 bits per heavy atom. The lowest BCUT2D eigenvalue weighted by molar-refractivity contribution is -0.136. The molecule has 0 aliphatic rings. The van der Waals surface area contributed by atoms with Crippen LogP contribution < -0.4 is 20.2 Å². The van der Waals surface area contributed by atoms with Crippen molar-refractivity contribution in [3.63, 3.8) is 0 Å². The lowest BCUT2D eigenvalue weighted by Crippen LogP contribution is -2.32. The maximum absolute atomic E-state index is 12.4. The number of benzene rings is 3. The smallest absolute Gasteiger partial charge is 0.345 e. The molecule has 174 valence electrons. The summed E-state index contributed by atoms with van der Waals surface area (Å²) in [6, 6.07) is 15.7. The van der Waals surface area contributed by atoms with E-state index in [1.807, 2.05) is 0 Å². The lowest BCUT2D eigenvalue weighted by atomic mass is 10.2. The highest BCUT2D eigenvalue weighted by Crippen LogP contribution is 2.30. The molecule has 0 spiro atoms. The minimum absolute atomic E-state index is 0.108. The van der Waals surface area contributed by atoms with E-state index in [1.165, 1.54) is 37.6 Å². The van der Waals surface area contributed by atoms with E-state index in [-0.39, 0.29) is 37.8 Å². The van der Waals surface area contributed by atoms with Crippen LogP contribution in [0.15, 0.2) is 65.8 Å². The van der Waals surface area contributed by atoms with E-state index in [0.29, 0.717) is 5.56 Å². The van der Waals surface area contributed by atoms with Gasteiger partial charge in [-0.2, -0.15) is 5.10 Å². The number of ether oxygens (including phenoxy) is 2. The molecular weight excluding hydrogens is 505 g/mol. The number of methoxy groups -OCH3 is 1. The molecule has 3 aromatic carbocycles. The van der Waals surface area contributed by atoms with Crippen molar-refractivity contribution in [3.05, 3.63) is 86.9 Å². The van der Waals surface area contributed by atoms with Gasteiger partial charge in [0.05, 0.1) is 39.6 Å². The summed E-state index contributed by atoms with van der Waals surface area (Å²) in [4.78, 5) is 36.4. The first-order valence-corrected chi connectivity index (χ1v) is 10.7. The van der Waals surface area contributed by atoms with E-state index in [9.17, 15) is 14.4 Å². The maximum Gasteiger partial charge on any atom is 0.345 e. The van der Waals surface area contributed by atoms with Crippen molar-refractivity contribution in [2.45, 2.75) is 0 Å². The Labute approximate surface area is 209 Å². The first kappa shape index (κ1) is 25.0. The zero-order valence-corrected chi connectivity index (χ0v) is 19.7. The van der Waals surface area contributed by atoms with E-state index in [4.69, 9.17) is 44.3 Å². The molecule has 8 nitrogen and oxygen atoms in total. The number of amides is 2. The van der Waals surface area contributed by atoms with E-state index >= 15 is 0 Å². The number of rotatable bonds is 6. The minimum atomic E-state index is -1.02. The van der Waals surface area contributed by atoms with Gasteiger partial charge < -0.3 is 14.8 Å². The number of carbonyl (C=O) groups is 3. The summed E-state index contributed by atoms with van der Waals surface area (Å²) in [5.74, 6) is -2.26. The van der Waals surface area contributed by atoms with Crippen molar-refractivity contribution < 1.29 is 23.9 Å². The van der Waals surface area contributed by atoms with Gasteiger partial charge in [0.2, 0.25) is 0 Å². The molecule has 0 heterocycles. The van der Waals surface area contributed by atoms with Crippen molar-refractivity contribution in [1.29, 1.82) is 0 Å². The van der Waals surface area contributed by atoms with Crippen molar-refractivity contribution in [1.82, 2.24) is 5.43 Å². The number of hydrogen-bond donors (Lipinski definition) is 2. The summed E-state index contributed by atoms with van der Waals surface area (Å²) in [5.41, 5.74) is 2.98. The molecule has 3 rings (SSSR count). The lowest BCUT2D eigenvalue weighted by Gasteiger charge is -2.10. The van der Waals surface area contributed by atoms with Crippen LogP contribution in [0.4, 0.5) is 5.69 Å². The van der Waals surface area contributed by atoms with E-state index in [0.717, 1.165) is 0 Å². The fraction of sp³-hybridized carbons (Fsp3) is 0.0435. The highest BCUT2D eigenvalue weighted by molar-refractivity contribution is 6.45. The highest BCUT2D eigenvalue weighted by Gasteiger charge is 2.17. The number of hydrazone groups is 1. The van der Waals surface area contributed by atoms with E-state index in [1.54, 1.807) is 36.4 Å². The molecule has 0 saturated carbocycles. The second-order valence-corrected chi connectivity index (χ2v) is 7.73. The topological polar surface area (TPSA) is 106 Å². The van der Waals surface area contributed by atoms with Gasteiger partial charge in [0, 0.05) is 0 Å². The van der Waals surface area contributed by atoms with E-state index in [2.05, 4.69) is 15.8 Å². The van der Waals surface area contributed by atoms with E-state index < -0.39 is 17.8 Å². The highest BCUT2D eigenvalue weighted by atomic mass is 35.5. The third kappa shape index (κ3) is 6.26. The van der Waals surface area contributed by atoms with Gasteiger partial charge in [0.25, 0.3) is 0 Å². The van der Waals surface area contributed by atoms with Gasteiger partial charge in [0.1, 0.15) is 0 Å². The van der Waals surface area contributed by atoms with Gasteiger partial charge in [-0.25, -0.2) is 10.2 Å². The van der Waals surface area contributed by atoms with Crippen molar-refractivity contribution >= 4 is 64.5 Å². The average molecular weight is 521 g/mol. The Morgan fingerprint density at radius 2 is 1.62 bits per heavy atom. The fourth-order valence-corrected chi connectivity index (χ4v) is 3.19. The van der Waals surface area contributed by atoms with Gasteiger partial charge in [-0.05, 0) is 48.0 Å². The Balaban J connectivity index is 1.63. The quantitative estimate of drug-likeness (QED) is 0.157. The van der Waals surface area contributed by atoms with Gasteiger partial charge in [-0.3, -0.25) is 9.59 Å². The second-order valence-electron chi connectivity index (χ2n) is 6.53. The third-order valence-corrected chi connectivity index (χ3v) is 5.42. The van der Waals surface area contributed by atoms with Gasteiger partial charge in [0.15, 0.2) is 11.5 Å². The molecule has 0 aromatic heterocycles. The minimum Gasteiger partial charge on any atom is -0.493 e. The Hall–Kier alpha value is -3.59. The standard InChI is InChI=1S/C23H16Cl3N3O5/c1-33-19-11-13(9-10-18(19)34-23(32)14-5-2-3-6-15(14)24)12-27-29-22(31)21(30)28-17-8-4-7-16(25)20(17)26/h2-12H,1H3,(H,28,30)(H,29,31)/b27-12+. The Bertz CT molecular complexity index is 1280. The first-order chi connectivity index (χ1) is 16.3. The van der Waals surface area contributed by atoms with Crippen molar-refractivity contribution in [2.24, 2.45) is 5.10 Å². The third-order valence-electron chi connectivity index (χ3n) is 4.27. The van der Waals surface area contributed by atoms with Gasteiger partial charge >= 0.3 is 17.8 Å². The van der Waals surface area contributed by atoms with Crippen LogP contribution in [0, 0.1) is 0 Å². The number of carbonyl (C=O) groups excluding carboxylic acids is 3. The van der Waals surface area contributed by atoms with Crippen LogP contribution in [-0.2, 0) is 9.59 Å². The molecule has 2 amide bonds. The van der Waals surface area contributed by atoms with Gasteiger partial charge in [-0.15, -0.1) is 0 Å². The number of anilines is 1. The summed E-state index contributed by atoms with van der Waals surface area (Å²) < 4.78 is 10.6. The SMILES string of the molecule is COc1cc(/C=N/NC(=O)C(=O)Nc2cccc(Cl)c2Cl)ccc1OC(=O)c1ccccc1Cl. The fourth-order valence-electron chi connectivity index (χ4n) is 2.63. The van der Waals surface area contributed by atoms with Crippen molar-refractivity contribution in [2.75, 3.05) is 12.4 Å². The number of nitrogens with zero attached hydrogens (tertiary/aromatic N) is 1. The Kier molecular flexibility index (Phi) is 8.48. The molecule has 0 aliphatic carbocycles. The van der Waals surface area contributed by atoms with Crippen LogP contribution in [0.25, 0.3) is 0 Å². The molecule has 0 saturated heterocycles. The molecule has 11 heteroatoms. The number of esters is 1. The molecule has 2 N–H and O–H groups in total. The van der Waals surface area contributed by atoms with Crippen LogP contribution in [0.3, 0.4) is 0 Å². The zero-order chi connectivity index (χ0) is 24.7. The monoisotopic (exact) mass is 519 g/mol. The van der Waals surface area contributed by atoms with Crippen LogP contribution in [0.1, 0.15) is 15.9 Å². The summed E-state index contributed by atoms with van der Waals surface area (Å²) in [5, 5.41) is 6.68. The molecule has 0 atom stereocenters. The molecule has 34 heavy (non-hydrogen) atoms. The average Bonchev–Trinajstić information content (AvgIpc) is 2.82. The number of hydrogen-bond acceptors (Lipinski definition) is 6.